The number of nitrogens with zero attached hydrogens (tertiary/aromatic N) is 1. The van der Waals surface area contributed by atoms with Crippen LogP contribution in [0.4, 0.5) is 0 Å². The summed E-state index contributed by atoms with van der Waals surface area (Å²) in [6.45, 7) is 1.04. The van der Waals surface area contributed by atoms with Crippen LogP contribution in [0.1, 0.15) is 30.2 Å². The van der Waals surface area contributed by atoms with Gasteiger partial charge in [0, 0.05) is 16.8 Å². The van der Waals surface area contributed by atoms with E-state index in [1.165, 1.54) is 33.5 Å². The lowest BCUT2D eigenvalue weighted by atomic mass is 10.0. The maximum atomic E-state index is 6.04. The van der Waals surface area contributed by atoms with E-state index >= 15 is 0 Å². The highest BCUT2D eigenvalue weighted by Gasteiger charge is 2.23. The average molecular weight is 238 g/mol. The van der Waals surface area contributed by atoms with Crippen molar-refractivity contribution in [1.29, 1.82) is 0 Å². The molecule has 4 heteroatoms. The highest BCUT2D eigenvalue weighted by Crippen LogP contribution is 2.38. The van der Waals surface area contributed by atoms with Gasteiger partial charge in [0.15, 0.2) is 0 Å². The molecule has 2 aromatic heterocycles. The van der Waals surface area contributed by atoms with Crippen molar-refractivity contribution in [3.63, 3.8) is 0 Å². The van der Waals surface area contributed by atoms with Gasteiger partial charge in [0.05, 0.1) is 10.1 Å². The molecular formula is C11H14N2S2. The van der Waals surface area contributed by atoms with Gasteiger partial charge >= 0.3 is 0 Å². The maximum absolute atomic E-state index is 6.04. The SMILES string of the molecule is NN1CCCCC1c1cc2ccsc2s1. The molecule has 80 valence electrons. The summed E-state index contributed by atoms with van der Waals surface area (Å²) in [5, 5.41) is 5.56. The van der Waals surface area contributed by atoms with E-state index in [-0.39, 0.29) is 0 Å². The summed E-state index contributed by atoms with van der Waals surface area (Å²) in [4.78, 5) is 1.44. The van der Waals surface area contributed by atoms with Crippen LogP contribution < -0.4 is 5.84 Å². The molecule has 2 aromatic rings. The lowest BCUT2D eigenvalue weighted by Crippen LogP contribution is -2.38. The molecule has 3 rings (SSSR count). The predicted octanol–water partition coefficient (Wildman–Crippen LogP) is 3.36. The van der Waals surface area contributed by atoms with Crippen LogP contribution in [0, 0.1) is 0 Å². The first-order valence-electron chi connectivity index (χ1n) is 5.33. The molecule has 0 amide bonds. The summed E-state index contributed by atoms with van der Waals surface area (Å²) in [6, 6.07) is 4.97. The van der Waals surface area contributed by atoms with Gasteiger partial charge in [-0.1, -0.05) is 6.42 Å². The standard InChI is InChI=1S/C11H14N2S2/c12-13-5-2-1-3-9(13)10-7-8-4-6-14-11(8)15-10/h4,6-7,9H,1-3,5,12H2. The van der Waals surface area contributed by atoms with Gasteiger partial charge in [-0.05, 0) is 30.4 Å². The van der Waals surface area contributed by atoms with Gasteiger partial charge in [0.2, 0.25) is 0 Å². The van der Waals surface area contributed by atoms with Crippen LogP contribution in [0.2, 0.25) is 0 Å². The minimum Gasteiger partial charge on any atom is -0.268 e. The third-order valence-corrected chi connectivity index (χ3v) is 5.35. The maximum Gasteiger partial charge on any atom is 0.0868 e. The molecule has 1 fully saturated rings. The Kier molecular flexibility index (Phi) is 2.52. The number of nitrogens with two attached hydrogens (primary N) is 1. The molecule has 1 aliphatic rings. The summed E-state index contributed by atoms with van der Waals surface area (Å²) in [5.74, 6) is 6.04. The van der Waals surface area contributed by atoms with Crippen molar-refractivity contribution in [1.82, 2.24) is 5.01 Å². The number of fused-ring (bicyclic) bond motifs is 1. The molecule has 1 aliphatic heterocycles. The Morgan fingerprint density at radius 3 is 3.13 bits per heavy atom. The molecule has 0 bridgehead atoms. The molecule has 0 aliphatic carbocycles. The molecule has 0 radical (unpaired) electrons. The van der Waals surface area contributed by atoms with Crippen molar-refractivity contribution in [2.75, 3.05) is 6.54 Å². The summed E-state index contributed by atoms with van der Waals surface area (Å²) >= 11 is 3.74. The fourth-order valence-electron chi connectivity index (χ4n) is 2.21. The highest BCUT2D eigenvalue weighted by molar-refractivity contribution is 7.37. The number of rotatable bonds is 1. The number of hydrogen-bond acceptors (Lipinski definition) is 4. The number of thiophene rings is 2. The van der Waals surface area contributed by atoms with Gasteiger partial charge in [-0.3, -0.25) is 5.84 Å². The fourth-order valence-corrected chi connectivity index (χ4v) is 4.49. The van der Waals surface area contributed by atoms with Crippen molar-refractivity contribution < 1.29 is 0 Å². The van der Waals surface area contributed by atoms with E-state index in [0.29, 0.717) is 6.04 Å². The average Bonchev–Trinajstić information content (AvgIpc) is 2.77. The second kappa shape index (κ2) is 3.87. The molecule has 2 nitrogen and oxygen atoms in total. The van der Waals surface area contributed by atoms with Gasteiger partial charge < -0.3 is 0 Å². The molecule has 3 heterocycles. The molecule has 0 aromatic carbocycles. The van der Waals surface area contributed by atoms with Crippen LogP contribution in [-0.4, -0.2) is 11.6 Å². The second-order valence-electron chi connectivity index (χ2n) is 4.06. The van der Waals surface area contributed by atoms with Gasteiger partial charge in [-0.25, -0.2) is 5.01 Å². The van der Waals surface area contributed by atoms with Crippen LogP contribution in [-0.2, 0) is 0 Å². The summed E-state index contributed by atoms with van der Waals surface area (Å²) in [7, 11) is 0. The van der Waals surface area contributed by atoms with Gasteiger partial charge in [-0.15, -0.1) is 22.7 Å². The fraction of sp³-hybridized carbons (Fsp3) is 0.455. The second-order valence-corrected chi connectivity index (χ2v) is 6.32. The summed E-state index contributed by atoms with van der Waals surface area (Å²) in [5.41, 5.74) is 0. The Hall–Kier alpha value is -0.420. The lowest BCUT2D eigenvalue weighted by molar-refractivity contribution is 0.154. The highest BCUT2D eigenvalue weighted by atomic mass is 32.2. The molecule has 15 heavy (non-hydrogen) atoms. The predicted molar refractivity (Wildman–Crippen MR) is 67.2 cm³/mol. The van der Waals surface area contributed by atoms with Crippen LogP contribution in [0.3, 0.4) is 0 Å². The van der Waals surface area contributed by atoms with E-state index in [4.69, 9.17) is 5.84 Å². The van der Waals surface area contributed by atoms with E-state index in [0.717, 1.165) is 6.54 Å². The number of piperidine rings is 1. The van der Waals surface area contributed by atoms with Crippen LogP contribution >= 0.6 is 22.7 Å². The van der Waals surface area contributed by atoms with E-state index in [1.807, 2.05) is 27.7 Å². The Labute approximate surface area is 97.3 Å². The molecule has 2 N–H and O–H groups in total. The molecule has 1 atom stereocenters. The molecule has 1 unspecified atom stereocenters. The first-order valence-corrected chi connectivity index (χ1v) is 7.02. The summed E-state index contributed by atoms with van der Waals surface area (Å²) < 4.78 is 1.43. The van der Waals surface area contributed by atoms with E-state index in [1.54, 1.807) is 0 Å². The largest absolute Gasteiger partial charge is 0.268 e. The normalized spacial score (nSPS) is 23.7. The number of hydrogen-bond donors (Lipinski definition) is 1. The molecule has 0 saturated carbocycles. The zero-order chi connectivity index (χ0) is 10.3. The van der Waals surface area contributed by atoms with Gasteiger partial charge in [-0.2, -0.15) is 0 Å². The minimum atomic E-state index is 0.461. The van der Waals surface area contributed by atoms with Crippen LogP contribution in [0.25, 0.3) is 9.40 Å². The van der Waals surface area contributed by atoms with Crippen LogP contribution in [0.5, 0.6) is 0 Å². The molecule has 0 spiro atoms. The van der Waals surface area contributed by atoms with Crippen LogP contribution in [0.15, 0.2) is 17.5 Å². The van der Waals surface area contributed by atoms with E-state index < -0.39 is 0 Å². The third-order valence-electron chi connectivity index (χ3n) is 3.04. The first kappa shape index (κ1) is 9.78. The zero-order valence-electron chi connectivity index (χ0n) is 8.48. The minimum absolute atomic E-state index is 0.461. The Balaban J connectivity index is 1.95. The van der Waals surface area contributed by atoms with Crippen molar-refractivity contribution in [3.05, 3.63) is 22.4 Å². The smallest absolute Gasteiger partial charge is 0.0868 e. The lowest BCUT2D eigenvalue weighted by Gasteiger charge is -2.30. The summed E-state index contributed by atoms with van der Waals surface area (Å²) in [6.07, 6.45) is 3.76. The Morgan fingerprint density at radius 2 is 2.33 bits per heavy atom. The molecular weight excluding hydrogens is 224 g/mol. The van der Waals surface area contributed by atoms with Crippen molar-refractivity contribution in [2.24, 2.45) is 5.84 Å². The zero-order valence-corrected chi connectivity index (χ0v) is 10.1. The Bertz CT molecular complexity index is 431. The van der Waals surface area contributed by atoms with Crippen molar-refractivity contribution in [2.45, 2.75) is 25.3 Å². The third kappa shape index (κ3) is 1.72. The number of hydrazine groups is 1. The van der Waals surface area contributed by atoms with Crippen molar-refractivity contribution >= 4 is 32.1 Å². The van der Waals surface area contributed by atoms with Gasteiger partial charge in [0.25, 0.3) is 0 Å². The monoisotopic (exact) mass is 238 g/mol. The first-order chi connectivity index (χ1) is 7.34. The van der Waals surface area contributed by atoms with Gasteiger partial charge in [0.1, 0.15) is 0 Å². The van der Waals surface area contributed by atoms with E-state index in [9.17, 15) is 0 Å². The Morgan fingerprint density at radius 1 is 1.40 bits per heavy atom. The van der Waals surface area contributed by atoms with Crippen molar-refractivity contribution in [3.8, 4) is 0 Å². The quantitative estimate of drug-likeness (QED) is 0.772. The van der Waals surface area contributed by atoms with E-state index in [2.05, 4.69) is 17.5 Å². The topological polar surface area (TPSA) is 29.3 Å². The molecule has 1 saturated heterocycles.